The third-order valence-corrected chi connectivity index (χ3v) is 4.10. The second-order valence-electron chi connectivity index (χ2n) is 2.03. The summed E-state index contributed by atoms with van der Waals surface area (Å²) in [6, 6.07) is -0.646. The molecule has 0 spiro atoms. The number of hydrogen-bond donors (Lipinski definition) is 1. The summed E-state index contributed by atoms with van der Waals surface area (Å²) in [4.78, 5) is 10.8. The van der Waals surface area contributed by atoms with E-state index in [1.54, 1.807) is 0 Å². The average molecular weight is 194 g/mol. The Balaban J connectivity index is 4.58. The van der Waals surface area contributed by atoms with Gasteiger partial charge in [0, 0.05) is 28.4 Å². The van der Waals surface area contributed by atoms with Crippen LogP contribution >= 0.6 is 0 Å². The van der Waals surface area contributed by atoms with Gasteiger partial charge in [0.15, 0.2) is 0 Å². The SMILES string of the molecule is CO[Si](OC)(OC)N(C)C(N)=O. The van der Waals surface area contributed by atoms with Crippen LogP contribution in [0.4, 0.5) is 4.79 Å². The summed E-state index contributed by atoms with van der Waals surface area (Å²) in [6.07, 6.45) is 0. The van der Waals surface area contributed by atoms with Gasteiger partial charge in [0.2, 0.25) is 0 Å². The molecule has 0 aliphatic heterocycles. The molecule has 0 fully saturated rings. The van der Waals surface area contributed by atoms with Crippen molar-refractivity contribution < 1.29 is 18.1 Å². The molecular formula is C5H14N2O4Si. The van der Waals surface area contributed by atoms with Gasteiger partial charge in [0.25, 0.3) is 0 Å². The lowest BCUT2D eigenvalue weighted by Gasteiger charge is -2.30. The monoisotopic (exact) mass is 194 g/mol. The van der Waals surface area contributed by atoms with Crippen molar-refractivity contribution in [1.82, 2.24) is 4.57 Å². The standard InChI is InChI=1S/C5H14N2O4Si/c1-7(5(6)8)12(9-2,10-3)11-4/h1-4H3,(H2,6,8). The predicted octanol–water partition coefficient (Wildman–Crippen LogP) is -0.628. The van der Waals surface area contributed by atoms with Gasteiger partial charge in [0.1, 0.15) is 0 Å². The lowest BCUT2D eigenvalue weighted by atomic mass is 11.0. The second-order valence-corrected chi connectivity index (χ2v) is 4.98. The number of hydrogen-bond acceptors (Lipinski definition) is 4. The number of rotatable bonds is 4. The zero-order chi connectivity index (χ0) is 9.78. The van der Waals surface area contributed by atoms with Crippen LogP contribution in [0.25, 0.3) is 0 Å². The van der Waals surface area contributed by atoms with Gasteiger partial charge in [-0.05, 0) is 0 Å². The first-order valence-corrected chi connectivity index (χ1v) is 4.90. The number of carbonyl (C=O) groups excluding carboxylic acids is 1. The number of amides is 2. The van der Waals surface area contributed by atoms with Crippen molar-refractivity contribution in [3.8, 4) is 0 Å². The quantitative estimate of drug-likeness (QED) is 0.605. The summed E-state index contributed by atoms with van der Waals surface area (Å²) in [7, 11) is 2.64. The van der Waals surface area contributed by atoms with Gasteiger partial charge in [-0.25, -0.2) is 4.79 Å². The fourth-order valence-electron chi connectivity index (χ4n) is 0.796. The van der Waals surface area contributed by atoms with Crippen molar-refractivity contribution in [3.05, 3.63) is 0 Å². The Hall–Kier alpha value is -0.633. The molecule has 2 amide bonds. The van der Waals surface area contributed by atoms with E-state index < -0.39 is 15.0 Å². The van der Waals surface area contributed by atoms with Crippen LogP contribution in [-0.4, -0.2) is 47.9 Å². The molecule has 0 saturated carbocycles. The zero-order valence-electron chi connectivity index (χ0n) is 7.66. The summed E-state index contributed by atoms with van der Waals surface area (Å²) < 4.78 is 16.1. The third-order valence-electron chi connectivity index (χ3n) is 1.52. The molecule has 0 radical (unpaired) electrons. The maximum atomic E-state index is 10.8. The lowest BCUT2D eigenvalue weighted by Crippen LogP contribution is -2.61. The minimum atomic E-state index is -3.03. The first-order chi connectivity index (χ1) is 5.54. The van der Waals surface area contributed by atoms with Gasteiger partial charge in [-0.15, -0.1) is 0 Å². The largest absolute Gasteiger partial charge is 0.636 e. The molecule has 12 heavy (non-hydrogen) atoms. The number of primary amides is 1. The van der Waals surface area contributed by atoms with Crippen LogP contribution < -0.4 is 5.73 Å². The van der Waals surface area contributed by atoms with Gasteiger partial charge in [-0.2, -0.15) is 0 Å². The maximum absolute atomic E-state index is 10.8. The van der Waals surface area contributed by atoms with E-state index in [-0.39, 0.29) is 0 Å². The lowest BCUT2D eigenvalue weighted by molar-refractivity contribution is 0.0773. The maximum Gasteiger partial charge on any atom is 0.636 e. The fourth-order valence-corrected chi connectivity index (χ4v) is 2.39. The molecule has 0 aromatic carbocycles. The van der Waals surface area contributed by atoms with Crippen molar-refractivity contribution in [3.63, 3.8) is 0 Å². The van der Waals surface area contributed by atoms with E-state index in [0.717, 1.165) is 4.57 Å². The fraction of sp³-hybridized carbons (Fsp3) is 0.800. The first-order valence-electron chi connectivity index (χ1n) is 3.22. The molecule has 72 valence electrons. The summed E-state index contributed by atoms with van der Waals surface area (Å²) in [5, 5.41) is 0. The Bertz CT molecular complexity index is 153. The highest BCUT2D eigenvalue weighted by molar-refractivity contribution is 6.60. The number of nitrogens with zero attached hydrogens (tertiary/aromatic N) is 1. The Morgan fingerprint density at radius 1 is 1.25 bits per heavy atom. The summed E-state index contributed by atoms with van der Waals surface area (Å²) in [6.45, 7) is 0. The highest BCUT2D eigenvalue weighted by atomic mass is 28.4. The van der Waals surface area contributed by atoms with Crippen LogP contribution in [0.1, 0.15) is 0 Å². The van der Waals surface area contributed by atoms with E-state index in [4.69, 9.17) is 19.0 Å². The minimum absolute atomic E-state index is 0.646. The van der Waals surface area contributed by atoms with Crippen LogP contribution in [0, 0.1) is 0 Å². The van der Waals surface area contributed by atoms with Crippen LogP contribution in [-0.2, 0) is 13.3 Å². The van der Waals surface area contributed by atoms with Crippen LogP contribution in [0.3, 0.4) is 0 Å². The molecule has 0 aliphatic rings. The predicted molar refractivity (Wildman–Crippen MR) is 44.1 cm³/mol. The Labute approximate surface area is 72.6 Å². The van der Waals surface area contributed by atoms with Gasteiger partial charge in [-0.3, -0.25) is 4.57 Å². The molecule has 0 aliphatic carbocycles. The number of carbonyl (C=O) groups is 1. The van der Waals surface area contributed by atoms with Crippen LogP contribution in [0.5, 0.6) is 0 Å². The van der Waals surface area contributed by atoms with E-state index in [1.807, 2.05) is 0 Å². The second kappa shape index (κ2) is 4.41. The molecule has 0 heterocycles. The highest BCUT2D eigenvalue weighted by Gasteiger charge is 2.47. The molecule has 2 N–H and O–H groups in total. The van der Waals surface area contributed by atoms with Crippen molar-refractivity contribution >= 4 is 15.0 Å². The Morgan fingerprint density at radius 3 is 1.67 bits per heavy atom. The topological polar surface area (TPSA) is 74.0 Å². The van der Waals surface area contributed by atoms with Crippen molar-refractivity contribution in [1.29, 1.82) is 0 Å². The molecule has 0 aromatic heterocycles. The summed E-state index contributed by atoms with van der Waals surface area (Å²) >= 11 is 0. The van der Waals surface area contributed by atoms with E-state index in [0.29, 0.717) is 0 Å². The molecule has 0 atom stereocenters. The molecular weight excluding hydrogens is 180 g/mol. The zero-order valence-corrected chi connectivity index (χ0v) is 8.66. The molecule has 0 unspecified atom stereocenters. The normalized spacial score (nSPS) is 11.3. The number of urea groups is 1. The van der Waals surface area contributed by atoms with E-state index in [1.165, 1.54) is 28.4 Å². The number of nitrogens with two attached hydrogens (primary N) is 1. The summed E-state index contributed by atoms with van der Waals surface area (Å²) in [5.74, 6) is 0. The van der Waals surface area contributed by atoms with Crippen molar-refractivity contribution in [2.24, 2.45) is 5.73 Å². The minimum Gasteiger partial charge on any atom is -0.360 e. The highest BCUT2D eigenvalue weighted by Crippen LogP contribution is 2.09. The molecule has 0 aromatic rings. The van der Waals surface area contributed by atoms with Gasteiger partial charge in [0.05, 0.1) is 0 Å². The molecule has 0 saturated heterocycles. The van der Waals surface area contributed by atoms with Crippen LogP contribution in [0.2, 0.25) is 0 Å². The van der Waals surface area contributed by atoms with Crippen LogP contribution in [0.15, 0.2) is 0 Å². The molecule has 7 heteroatoms. The van der Waals surface area contributed by atoms with Crippen molar-refractivity contribution in [2.45, 2.75) is 0 Å². The third kappa shape index (κ3) is 1.94. The van der Waals surface area contributed by atoms with E-state index in [2.05, 4.69) is 0 Å². The smallest absolute Gasteiger partial charge is 0.360 e. The van der Waals surface area contributed by atoms with Gasteiger partial charge < -0.3 is 19.0 Å². The first kappa shape index (κ1) is 11.4. The van der Waals surface area contributed by atoms with E-state index in [9.17, 15) is 4.79 Å². The summed E-state index contributed by atoms with van der Waals surface area (Å²) in [5.41, 5.74) is 5.03. The molecule has 6 nitrogen and oxygen atoms in total. The molecule has 0 bridgehead atoms. The Morgan fingerprint density at radius 2 is 1.58 bits per heavy atom. The average Bonchev–Trinajstić information content (AvgIpc) is 2.08. The van der Waals surface area contributed by atoms with Crippen molar-refractivity contribution in [2.75, 3.05) is 28.4 Å². The van der Waals surface area contributed by atoms with E-state index >= 15 is 0 Å². The van der Waals surface area contributed by atoms with Gasteiger partial charge in [-0.1, -0.05) is 0 Å². The van der Waals surface area contributed by atoms with Gasteiger partial charge >= 0.3 is 15.0 Å². The molecule has 0 rings (SSSR count). The Kier molecular flexibility index (Phi) is 4.17.